The van der Waals surface area contributed by atoms with Crippen LogP contribution in [0.3, 0.4) is 0 Å². The van der Waals surface area contributed by atoms with Gasteiger partial charge in [0.15, 0.2) is 0 Å². The molecule has 0 bridgehead atoms. The van der Waals surface area contributed by atoms with Crippen LogP contribution in [0.15, 0.2) is 65.0 Å². The smallest absolute Gasteiger partial charge is 0.258 e. The Kier molecular flexibility index (Phi) is 4.02. The molecule has 0 fully saturated rings. The van der Waals surface area contributed by atoms with Gasteiger partial charge in [-0.1, -0.05) is 46.8 Å². The summed E-state index contributed by atoms with van der Waals surface area (Å²) in [6.45, 7) is 0. The maximum atomic E-state index is 10.7. The zero-order valence-corrected chi connectivity index (χ0v) is 12.4. The normalized spacial score (nSPS) is 11.4. The number of benzene rings is 2. The van der Waals surface area contributed by atoms with E-state index in [1.54, 1.807) is 0 Å². The molecule has 0 N–H and O–H groups in total. The molecule has 0 saturated heterocycles. The lowest BCUT2D eigenvalue weighted by atomic mass is 10.2. The van der Waals surface area contributed by atoms with Crippen LogP contribution in [0.1, 0.15) is 0 Å². The minimum Gasteiger partial charge on any atom is -0.258 e. The second-order valence-electron chi connectivity index (χ2n) is 4.42. The predicted molar refractivity (Wildman–Crippen MR) is 84.9 cm³/mol. The summed E-state index contributed by atoms with van der Waals surface area (Å²) in [5, 5.41) is 21.9. The van der Waals surface area contributed by atoms with Crippen LogP contribution < -0.4 is 4.80 Å². The van der Waals surface area contributed by atoms with Crippen molar-refractivity contribution in [3.05, 3.63) is 74.4 Å². The highest BCUT2D eigenvalue weighted by Crippen LogP contribution is 2.21. The molecule has 0 radical (unpaired) electrons. The average Bonchev–Trinajstić information content (AvgIpc) is 3.00. The first-order chi connectivity index (χ1) is 11.2. The van der Waals surface area contributed by atoms with Gasteiger partial charge in [-0.15, -0.1) is 4.91 Å². The summed E-state index contributed by atoms with van der Waals surface area (Å²) >= 11 is 1.20. The fourth-order valence-corrected chi connectivity index (χ4v) is 2.82. The van der Waals surface area contributed by atoms with Crippen molar-refractivity contribution in [3.63, 3.8) is 0 Å². The van der Waals surface area contributed by atoms with Crippen LogP contribution in [0, 0.1) is 15.0 Å². The molecular formula is C14H9N5O3S. The molecule has 2 aromatic carbocycles. The number of nitrogens with zero attached hydrogens (tertiary/aromatic N) is 5. The van der Waals surface area contributed by atoms with Gasteiger partial charge in [-0.2, -0.15) is 5.10 Å². The molecule has 0 unspecified atom stereocenters. The van der Waals surface area contributed by atoms with Gasteiger partial charge >= 0.3 is 0 Å². The first kappa shape index (κ1) is 14.7. The molecule has 23 heavy (non-hydrogen) atoms. The molecule has 0 saturated carbocycles. The van der Waals surface area contributed by atoms with Crippen molar-refractivity contribution in [3.8, 4) is 16.3 Å². The largest absolute Gasteiger partial charge is 0.269 e. The number of rotatable bonds is 4. The number of hydrogen-bond acceptors (Lipinski definition) is 6. The Hall–Kier alpha value is -3.20. The Morgan fingerprint density at radius 2 is 1.78 bits per heavy atom. The van der Waals surface area contributed by atoms with Crippen LogP contribution in [0.2, 0.25) is 0 Å². The molecule has 0 aliphatic carbocycles. The molecule has 0 aliphatic rings. The van der Waals surface area contributed by atoms with Crippen LogP contribution in [-0.2, 0) is 0 Å². The first-order valence-corrected chi connectivity index (χ1v) is 7.27. The second-order valence-corrected chi connectivity index (χ2v) is 5.38. The molecule has 3 aromatic rings. The number of non-ortho nitro benzene ring substituents is 1. The maximum Gasteiger partial charge on any atom is 0.269 e. The maximum absolute atomic E-state index is 10.7. The quantitative estimate of drug-likeness (QED) is 0.417. The van der Waals surface area contributed by atoms with Gasteiger partial charge in [-0.25, -0.2) is 4.68 Å². The van der Waals surface area contributed by atoms with Gasteiger partial charge in [0.2, 0.25) is 4.80 Å². The van der Waals surface area contributed by atoms with Crippen molar-refractivity contribution in [1.82, 2.24) is 9.78 Å². The number of aromatic nitrogens is 2. The molecular weight excluding hydrogens is 318 g/mol. The van der Waals surface area contributed by atoms with Gasteiger partial charge in [0.25, 0.3) is 5.69 Å². The lowest BCUT2D eigenvalue weighted by Crippen LogP contribution is -2.13. The van der Waals surface area contributed by atoms with E-state index in [2.05, 4.69) is 15.5 Å². The van der Waals surface area contributed by atoms with E-state index in [1.807, 2.05) is 30.3 Å². The van der Waals surface area contributed by atoms with E-state index in [-0.39, 0.29) is 10.5 Å². The van der Waals surface area contributed by atoms with Crippen LogP contribution in [0.4, 0.5) is 5.69 Å². The Morgan fingerprint density at radius 1 is 1.09 bits per heavy atom. The van der Waals surface area contributed by atoms with Crippen LogP contribution >= 0.6 is 11.3 Å². The lowest BCUT2D eigenvalue weighted by Gasteiger charge is -2.00. The summed E-state index contributed by atoms with van der Waals surface area (Å²) in [6, 6.07) is 15.2. The Labute approximate surface area is 133 Å². The molecule has 0 amide bonds. The SMILES string of the molecule is O=N/N=c1\sc(-c2ccccc2)nn1-c1ccc([N+](=O)[O-])cc1. The third-order valence-electron chi connectivity index (χ3n) is 3.01. The predicted octanol–water partition coefficient (Wildman–Crippen LogP) is 3.09. The van der Waals surface area contributed by atoms with Crippen LogP contribution in [-0.4, -0.2) is 14.7 Å². The van der Waals surface area contributed by atoms with Gasteiger partial charge in [-0.3, -0.25) is 10.1 Å². The highest BCUT2D eigenvalue weighted by Gasteiger charge is 2.11. The minimum atomic E-state index is -0.483. The van der Waals surface area contributed by atoms with E-state index in [9.17, 15) is 15.0 Å². The van der Waals surface area contributed by atoms with E-state index >= 15 is 0 Å². The lowest BCUT2D eigenvalue weighted by molar-refractivity contribution is -0.384. The highest BCUT2D eigenvalue weighted by atomic mass is 32.1. The van der Waals surface area contributed by atoms with Crippen molar-refractivity contribution < 1.29 is 4.92 Å². The van der Waals surface area contributed by atoms with Crippen molar-refractivity contribution >= 4 is 17.0 Å². The number of hydrogen-bond donors (Lipinski definition) is 0. The van der Waals surface area contributed by atoms with Crippen molar-refractivity contribution in [2.75, 3.05) is 0 Å². The summed E-state index contributed by atoms with van der Waals surface area (Å²) in [7, 11) is 0. The molecule has 1 aromatic heterocycles. The fraction of sp³-hybridized carbons (Fsp3) is 0. The third-order valence-corrected chi connectivity index (χ3v) is 3.96. The number of nitroso groups, excluding NO2 is 1. The van der Waals surface area contributed by atoms with E-state index in [1.165, 1.54) is 40.3 Å². The van der Waals surface area contributed by atoms with Gasteiger partial charge in [0.05, 0.1) is 15.9 Å². The van der Waals surface area contributed by atoms with E-state index in [0.29, 0.717) is 10.7 Å². The van der Waals surface area contributed by atoms with Gasteiger partial charge in [-0.05, 0) is 12.1 Å². The third kappa shape index (κ3) is 3.04. The Balaban J connectivity index is 2.11. The Bertz CT molecular complexity index is 916. The monoisotopic (exact) mass is 327 g/mol. The van der Waals surface area contributed by atoms with Gasteiger partial charge in [0.1, 0.15) is 5.01 Å². The number of nitro groups is 1. The summed E-state index contributed by atoms with van der Waals surface area (Å²) < 4.78 is 1.43. The number of nitro benzene ring substituents is 1. The molecule has 0 atom stereocenters. The summed E-state index contributed by atoms with van der Waals surface area (Å²) in [4.78, 5) is 21.0. The molecule has 0 aliphatic heterocycles. The average molecular weight is 327 g/mol. The van der Waals surface area contributed by atoms with E-state index in [4.69, 9.17) is 0 Å². The van der Waals surface area contributed by atoms with Crippen molar-refractivity contribution in [2.45, 2.75) is 0 Å². The molecule has 114 valence electrons. The van der Waals surface area contributed by atoms with Crippen molar-refractivity contribution in [2.24, 2.45) is 10.4 Å². The highest BCUT2D eigenvalue weighted by molar-refractivity contribution is 7.12. The fourth-order valence-electron chi connectivity index (χ4n) is 1.96. The second kappa shape index (κ2) is 6.28. The summed E-state index contributed by atoms with van der Waals surface area (Å²) in [6.07, 6.45) is 0. The zero-order valence-electron chi connectivity index (χ0n) is 11.6. The minimum absolute atomic E-state index is 0.0279. The Morgan fingerprint density at radius 3 is 2.39 bits per heavy atom. The summed E-state index contributed by atoms with van der Waals surface area (Å²) in [5.41, 5.74) is 1.40. The standard InChI is InChI=1S/C14H9N5O3S/c20-17-15-14-18(11-6-8-12(9-7-11)19(21)22)16-13(23-14)10-4-2-1-3-5-10/h1-9H/b15-14-. The van der Waals surface area contributed by atoms with Crippen LogP contribution in [0.5, 0.6) is 0 Å². The molecule has 3 rings (SSSR count). The van der Waals surface area contributed by atoms with Gasteiger partial charge in [0, 0.05) is 17.7 Å². The summed E-state index contributed by atoms with van der Waals surface area (Å²) in [5.74, 6) is 0. The van der Waals surface area contributed by atoms with Crippen molar-refractivity contribution in [1.29, 1.82) is 0 Å². The molecule has 9 heteroatoms. The first-order valence-electron chi connectivity index (χ1n) is 6.46. The molecule has 1 heterocycles. The topological polar surface area (TPSA) is 103 Å². The van der Waals surface area contributed by atoms with E-state index < -0.39 is 4.92 Å². The van der Waals surface area contributed by atoms with Gasteiger partial charge < -0.3 is 0 Å². The van der Waals surface area contributed by atoms with Crippen LogP contribution in [0.25, 0.3) is 16.3 Å². The molecule has 8 nitrogen and oxygen atoms in total. The zero-order chi connectivity index (χ0) is 16.2. The van der Waals surface area contributed by atoms with E-state index in [0.717, 1.165) is 5.56 Å². The molecule has 0 spiro atoms.